The Morgan fingerprint density at radius 1 is 1.43 bits per heavy atom. The standard InChI is InChI=1S/C11H23N3/c1-14-7-3-6-11(8-12,9-14)13-10-4-2-5-10/h10,13H,2-9,12H2,1H3. The van der Waals surface area contributed by atoms with Gasteiger partial charge in [-0.1, -0.05) is 6.42 Å². The number of likely N-dealkylation sites (N-methyl/N-ethyl adjacent to an activating group) is 1. The molecule has 1 unspecified atom stereocenters. The van der Waals surface area contributed by atoms with E-state index in [0.29, 0.717) is 0 Å². The molecule has 0 bridgehead atoms. The van der Waals surface area contributed by atoms with Crippen LogP contribution in [0.15, 0.2) is 0 Å². The van der Waals surface area contributed by atoms with E-state index in [9.17, 15) is 0 Å². The first-order valence-electron chi connectivity index (χ1n) is 5.90. The number of nitrogens with zero attached hydrogens (tertiary/aromatic N) is 1. The van der Waals surface area contributed by atoms with Gasteiger partial charge < -0.3 is 16.0 Å². The van der Waals surface area contributed by atoms with E-state index in [1.165, 1.54) is 38.6 Å². The number of hydrogen-bond acceptors (Lipinski definition) is 3. The summed E-state index contributed by atoms with van der Waals surface area (Å²) in [5, 5.41) is 3.78. The van der Waals surface area contributed by atoms with Crippen LogP contribution >= 0.6 is 0 Å². The van der Waals surface area contributed by atoms with Crippen LogP contribution in [0.3, 0.4) is 0 Å². The molecule has 2 rings (SSSR count). The number of nitrogens with one attached hydrogen (secondary N) is 1. The summed E-state index contributed by atoms with van der Waals surface area (Å²) < 4.78 is 0. The van der Waals surface area contributed by atoms with Crippen LogP contribution < -0.4 is 11.1 Å². The molecular formula is C11H23N3. The summed E-state index contributed by atoms with van der Waals surface area (Å²) in [5.74, 6) is 0. The highest BCUT2D eigenvalue weighted by Gasteiger charge is 2.35. The molecule has 3 nitrogen and oxygen atoms in total. The van der Waals surface area contributed by atoms with Crippen molar-refractivity contribution in [2.24, 2.45) is 5.73 Å². The Kier molecular flexibility index (Phi) is 3.10. The van der Waals surface area contributed by atoms with Crippen molar-refractivity contribution in [2.45, 2.75) is 43.7 Å². The molecule has 1 saturated heterocycles. The van der Waals surface area contributed by atoms with Crippen molar-refractivity contribution in [3.05, 3.63) is 0 Å². The predicted octanol–water partition coefficient (Wildman–Crippen LogP) is 0.552. The van der Waals surface area contributed by atoms with E-state index in [1.54, 1.807) is 0 Å². The average Bonchev–Trinajstić information content (AvgIpc) is 2.12. The molecule has 2 aliphatic rings. The van der Waals surface area contributed by atoms with Crippen molar-refractivity contribution in [1.82, 2.24) is 10.2 Å². The van der Waals surface area contributed by atoms with Crippen LogP contribution in [0.4, 0.5) is 0 Å². The molecule has 0 aromatic carbocycles. The lowest BCUT2D eigenvalue weighted by Gasteiger charge is -2.45. The zero-order valence-electron chi connectivity index (χ0n) is 9.26. The smallest absolute Gasteiger partial charge is 0.0435 e. The molecule has 3 N–H and O–H groups in total. The van der Waals surface area contributed by atoms with Crippen molar-refractivity contribution in [2.75, 3.05) is 26.7 Å². The Morgan fingerprint density at radius 2 is 2.21 bits per heavy atom. The first-order chi connectivity index (χ1) is 6.74. The van der Waals surface area contributed by atoms with Crippen molar-refractivity contribution in [3.63, 3.8) is 0 Å². The van der Waals surface area contributed by atoms with Crippen LogP contribution in [-0.4, -0.2) is 43.2 Å². The first kappa shape index (κ1) is 10.4. The third-order valence-electron chi connectivity index (χ3n) is 3.77. The fourth-order valence-corrected chi connectivity index (χ4v) is 2.69. The Labute approximate surface area is 87.0 Å². The lowest BCUT2D eigenvalue weighted by atomic mass is 9.84. The van der Waals surface area contributed by atoms with Gasteiger partial charge >= 0.3 is 0 Å². The maximum atomic E-state index is 5.94. The molecule has 14 heavy (non-hydrogen) atoms. The molecule has 82 valence electrons. The van der Waals surface area contributed by atoms with E-state index in [0.717, 1.165) is 19.1 Å². The molecule has 1 aliphatic heterocycles. The highest BCUT2D eigenvalue weighted by Crippen LogP contribution is 2.25. The average molecular weight is 197 g/mol. The minimum Gasteiger partial charge on any atom is -0.329 e. The third kappa shape index (κ3) is 2.10. The molecular weight excluding hydrogens is 174 g/mol. The summed E-state index contributed by atoms with van der Waals surface area (Å²) in [4.78, 5) is 2.40. The number of nitrogens with two attached hydrogens (primary N) is 1. The van der Waals surface area contributed by atoms with Gasteiger partial charge in [0.2, 0.25) is 0 Å². The van der Waals surface area contributed by atoms with E-state index in [2.05, 4.69) is 17.3 Å². The van der Waals surface area contributed by atoms with E-state index in [1.807, 2.05) is 0 Å². The van der Waals surface area contributed by atoms with Gasteiger partial charge in [0.05, 0.1) is 0 Å². The molecule has 3 heteroatoms. The summed E-state index contributed by atoms with van der Waals surface area (Å²) in [5.41, 5.74) is 6.16. The third-order valence-corrected chi connectivity index (χ3v) is 3.77. The molecule has 2 fully saturated rings. The van der Waals surface area contributed by atoms with Crippen molar-refractivity contribution < 1.29 is 0 Å². The molecule has 0 aromatic heterocycles. The van der Waals surface area contributed by atoms with Crippen molar-refractivity contribution in [3.8, 4) is 0 Å². The van der Waals surface area contributed by atoms with Crippen LogP contribution in [0.1, 0.15) is 32.1 Å². The zero-order valence-corrected chi connectivity index (χ0v) is 9.26. The number of piperidine rings is 1. The van der Waals surface area contributed by atoms with Crippen LogP contribution in [0, 0.1) is 0 Å². The van der Waals surface area contributed by atoms with Gasteiger partial charge in [-0.3, -0.25) is 0 Å². The van der Waals surface area contributed by atoms with E-state index in [4.69, 9.17) is 5.73 Å². The second kappa shape index (κ2) is 4.17. The van der Waals surface area contributed by atoms with Crippen molar-refractivity contribution >= 4 is 0 Å². The van der Waals surface area contributed by atoms with Crippen LogP contribution in [0.2, 0.25) is 0 Å². The summed E-state index contributed by atoms with van der Waals surface area (Å²) in [6, 6.07) is 0.755. The highest BCUT2D eigenvalue weighted by molar-refractivity contribution is 4.98. The molecule has 0 radical (unpaired) electrons. The largest absolute Gasteiger partial charge is 0.329 e. The minimum atomic E-state index is 0.220. The van der Waals surface area contributed by atoms with E-state index >= 15 is 0 Å². The van der Waals surface area contributed by atoms with Gasteiger partial charge in [0.25, 0.3) is 0 Å². The molecule has 0 amide bonds. The molecule has 0 spiro atoms. The maximum Gasteiger partial charge on any atom is 0.0435 e. The number of rotatable bonds is 3. The quantitative estimate of drug-likeness (QED) is 0.694. The fourth-order valence-electron chi connectivity index (χ4n) is 2.69. The van der Waals surface area contributed by atoms with Gasteiger partial charge in [-0.05, 0) is 39.3 Å². The maximum absolute atomic E-state index is 5.94. The van der Waals surface area contributed by atoms with E-state index in [-0.39, 0.29) is 5.54 Å². The number of hydrogen-bond donors (Lipinski definition) is 2. The highest BCUT2D eigenvalue weighted by atomic mass is 15.2. The topological polar surface area (TPSA) is 41.3 Å². The number of likely N-dealkylation sites (tertiary alicyclic amines) is 1. The summed E-state index contributed by atoms with van der Waals surface area (Å²) >= 11 is 0. The van der Waals surface area contributed by atoms with Gasteiger partial charge in [0, 0.05) is 24.7 Å². The zero-order chi connectivity index (χ0) is 10.0. The second-order valence-electron chi connectivity index (χ2n) is 5.10. The summed E-state index contributed by atoms with van der Waals surface area (Å²) in [6.07, 6.45) is 6.64. The van der Waals surface area contributed by atoms with Gasteiger partial charge in [-0.25, -0.2) is 0 Å². The summed E-state index contributed by atoms with van der Waals surface area (Å²) in [6.45, 7) is 3.14. The van der Waals surface area contributed by atoms with Crippen LogP contribution in [0.5, 0.6) is 0 Å². The van der Waals surface area contributed by atoms with Gasteiger partial charge in [0.1, 0.15) is 0 Å². The van der Waals surface area contributed by atoms with E-state index < -0.39 is 0 Å². The Morgan fingerprint density at radius 3 is 2.71 bits per heavy atom. The summed E-state index contributed by atoms with van der Waals surface area (Å²) in [7, 11) is 2.20. The first-order valence-corrected chi connectivity index (χ1v) is 5.90. The Bertz CT molecular complexity index is 191. The lowest BCUT2D eigenvalue weighted by Crippen LogP contribution is -2.63. The molecule has 1 atom stereocenters. The normalized spacial score (nSPS) is 35.6. The van der Waals surface area contributed by atoms with Crippen LogP contribution in [0.25, 0.3) is 0 Å². The van der Waals surface area contributed by atoms with Crippen molar-refractivity contribution in [1.29, 1.82) is 0 Å². The van der Waals surface area contributed by atoms with Gasteiger partial charge in [0.15, 0.2) is 0 Å². The molecule has 1 saturated carbocycles. The fraction of sp³-hybridized carbons (Fsp3) is 1.00. The minimum absolute atomic E-state index is 0.220. The van der Waals surface area contributed by atoms with Gasteiger partial charge in [-0.2, -0.15) is 0 Å². The lowest BCUT2D eigenvalue weighted by molar-refractivity contribution is 0.120. The Hall–Kier alpha value is -0.120. The van der Waals surface area contributed by atoms with Gasteiger partial charge in [-0.15, -0.1) is 0 Å². The SMILES string of the molecule is CN1CCCC(CN)(NC2CCC2)C1. The predicted molar refractivity (Wildman–Crippen MR) is 59.3 cm³/mol. The van der Waals surface area contributed by atoms with Crippen LogP contribution in [-0.2, 0) is 0 Å². The molecule has 1 aliphatic carbocycles. The Balaban J connectivity index is 1.92. The monoisotopic (exact) mass is 197 g/mol. The molecule has 0 aromatic rings. The second-order valence-corrected chi connectivity index (χ2v) is 5.10. The molecule has 1 heterocycles.